The number of fused-ring (bicyclic) bond motifs is 1. The Bertz CT molecular complexity index is 1450. The van der Waals surface area contributed by atoms with Crippen LogP contribution in [0.2, 0.25) is 0 Å². The molecule has 0 aliphatic carbocycles. The standard InChI is InChI=1S/C21H26B7N5O2/c1-8-29-7-12(33(8)2)9-3-4-10-6-30-20(31-11(10)5-9)32-19(34)13-14(22)16(24)18(17(25)15(13)23)35-21(26,27)28/h3-7H,22-28H2,1-2H3,(H,30,31,32,34). The van der Waals surface area contributed by atoms with Gasteiger partial charge in [0.05, 0.1) is 17.4 Å². The van der Waals surface area contributed by atoms with Crippen LogP contribution in [-0.2, 0) is 7.05 Å². The molecule has 0 aliphatic rings. The van der Waals surface area contributed by atoms with E-state index >= 15 is 0 Å². The molecule has 1 amide bonds. The smallest absolute Gasteiger partial charge is 0.256 e. The van der Waals surface area contributed by atoms with Gasteiger partial charge in [0, 0.05) is 35.1 Å². The van der Waals surface area contributed by atoms with Crippen LogP contribution in [-0.4, -0.2) is 85.6 Å². The summed E-state index contributed by atoms with van der Waals surface area (Å²) in [6, 6.07) is 6.00. The molecular weight excluding hydrogens is 430 g/mol. The number of aromatic nitrogens is 4. The number of ether oxygens (including phenoxy) is 1. The van der Waals surface area contributed by atoms with E-state index in [-0.39, 0.29) is 17.2 Å². The van der Waals surface area contributed by atoms with Gasteiger partial charge in [0.1, 0.15) is 66.5 Å². The first-order valence-electron chi connectivity index (χ1n) is 11.7. The number of imidazole rings is 1. The van der Waals surface area contributed by atoms with Crippen LogP contribution in [0.4, 0.5) is 5.95 Å². The molecule has 0 bridgehead atoms. The van der Waals surface area contributed by atoms with E-state index in [1.54, 1.807) is 6.20 Å². The van der Waals surface area contributed by atoms with E-state index < -0.39 is 0 Å². The molecule has 0 aliphatic heterocycles. The average molecular weight is 456 g/mol. The highest BCUT2D eigenvalue weighted by Gasteiger charge is 2.23. The Morgan fingerprint density at radius 2 is 1.66 bits per heavy atom. The van der Waals surface area contributed by atoms with Crippen molar-refractivity contribution in [2.75, 3.05) is 5.32 Å². The van der Waals surface area contributed by atoms with Gasteiger partial charge in [-0.2, -0.15) is 0 Å². The van der Waals surface area contributed by atoms with Gasteiger partial charge in [0.25, 0.3) is 5.91 Å². The molecular formula is C21H26B7N5O2. The second-order valence-electron chi connectivity index (χ2n) is 10.1. The van der Waals surface area contributed by atoms with Crippen LogP contribution < -0.4 is 31.9 Å². The van der Waals surface area contributed by atoms with Crippen LogP contribution in [0.5, 0.6) is 5.75 Å². The number of hydrogen-bond donors (Lipinski definition) is 1. The predicted molar refractivity (Wildman–Crippen MR) is 163 cm³/mol. The molecule has 0 saturated carbocycles. The molecule has 0 saturated heterocycles. The summed E-state index contributed by atoms with van der Waals surface area (Å²) in [5.74, 6) is 1.81. The lowest BCUT2D eigenvalue weighted by molar-refractivity contribution is 0.102. The van der Waals surface area contributed by atoms with Crippen molar-refractivity contribution in [2.45, 2.75) is 12.2 Å². The van der Waals surface area contributed by atoms with E-state index in [1.807, 2.05) is 97.9 Å². The van der Waals surface area contributed by atoms with Gasteiger partial charge in [-0.25, -0.2) is 15.0 Å². The minimum Gasteiger partial charge on any atom is -0.515 e. The number of nitrogens with zero attached hydrogens (tertiary/aromatic N) is 4. The first-order valence-corrected chi connectivity index (χ1v) is 11.7. The number of hydrogen-bond acceptors (Lipinski definition) is 5. The molecule has 0 spiro atoms. The molecule has 1 N–H and O–H groups in total. The van der Waals surface area contributed by atoms with Gasteiger partial charge in [-0.15, -0.1) is 0 Å². The van der Waals surface area contributed by atoms with Crippen LogP contribution in [0.25, 0.3) is 22.2 Å². The SMILES string of the molecule is Bc1c(B)c(C(=O)Nc2ncc3ccc(-c4cnc(C)n4C)cc3n2)c(B)c(B)c1OC(B)(B)B. The van der Waals surface area contributed by atoms with Crippen molar-refractivity contribution in [3.05, 3.63) is 42.0 Å². The number of aryl methyl sites for hydroxylation is 1. The van der Waals surface area contributed by atoms with Crippen molar-refractivity contribution in [1.82, 2.24) is 19.5 Å². The summed E-state index contributed by atoms with van der Waals surface area (Å²) in [5.41, 5.74) is 7.09. The third-order valence-corrected chi connectivity index (χ3v) is 6.52. The maximum Gasteiger partial charge on any atom is 0.256 e. The van der Waals surface area contributed by atoms with Gasteiger partial charge in [-0.05, 0) is 13.0 Å². The number of nitrogens with one attached hydrogen (secondary N) is 1. The summed E-state index contributed by atoms with van der Waals surface area (Å²) in [5, 5.41) is 3.48. The molecule has 0 unspecified atom stereocenters. The number of benzene rings is 2. The Labute approximate surface area is 212 Å². The fourth-order valence-electron chi connectivity index (χ4n) is 4.26. The summed E-state index contributed by atoms with van der Waals surface area (Å²) in [6.45, 7) is 1.97. The van der Waals surface area contributed by atoms with Crippen LogP contribution in [0.1, 0.15) is 16.2 Å². The van der Waals surface area contributed by atoms with Crippen molar-refractivity contribution in [2.24, 2.45) is 7.05 Å². The molecule has 7 nitrogen and oxygen atoms in total. The third-order valence-electron chi connectivity index (χ3n) is 6.52. The van der Waals surface area contributed by atoms with Gasteiger partial charge >= 0.3 is 0 Å². The van der Waals surface area contributed by atoms with Gasteiger partial charge in [0.2, 0.25) is 5.95 Å². The lowest BCUT2D eigenvalue weighted by Crippen LogP contribution is -2.51. The Hall–Kier alpha value is -3.29. The van der Waals surface area contributed by atoms with E-state index in [0.29, 0.717) is 5.56 Å². The van der Waals surface area contributed by atoms with Gasteiger partial charge < -0.3 is 9.30 Å². The van der Waals surface area contributed by atoms with Gasteiger partial charge in [-0.3, -0.25) is 10.1 Å². The minimum absolute atomic E-state index is 0.230. The topological polar surface area (TPSA) is 81.9 Å². The highest BCUT2D eigenvalue weighted by molar-refractivity contribution is 6.62. The number of carbonyl (C=O) groups is 1. The number of anilines is 1. The fourth-order valence-corrected chi connectivity index (χ4v) is 4.26. The monoisotopic (exact) mass is 457 g/mol. The lowest BCUT2D eigenvalue weighted by Gasteiger charge is -2.28. The Morgan fingerprint density at radius 3 is 2.23 bits per heavy atom. The molecule has 168 valence electrons. The van der Waals surface area contributed by atoms with Gasteiger partial charge in [-0.1, -0.05) is 34.0 Å². The van der Waals surface area contributed by atoms with E-state index in [9.17, 15) is 4.79 Å². The molecule has 2 heterocycles. The number of amides is 1. The molecule has 14 heteroatoms. The van der Waals surface area contributed by atoms with E-state index in [1.165, 1.54) is 0 Å². The number of rotatable bonds is 5. The van der Waals surface area contributed by atoms with Crippen LogP contribution in [0.15, 0.2) is 30.6 Å². The van der Waals surface area contributed by atoms with E-state index in [4.69, 9.17) is 4.74 Å². The first kappa shape index (κ1) is 24.8. The van der Waals surface area contributed by atoms with Crippen LogP contribution >= 0.6 is 0 Å². The number of carbonyl (C=O) groups excluding carboxylic acids is 1. The van der Waals surface area contributed by atoms with Gasteiger partial charge in [0.15, 0.2) is 0 Å². The van der Waals surface area contributed by atoms with Crippen molar-refractivity contribution in [3.63, 3.8) is 0 Å². The predicted octanol–water partition coefficient (Wildman–Crippen LogP) is -6.49. The van der Waals surface area contributed by atoms with Crippen molar-refractivity contribution < 1.29 is 9.53 Å². The highest BCUT2D eigenvalue weighted by atomic mass is 16.5. The van der Waals surface area contributed by atoms with E-state index in [0.717, 1.165) is 55.6 Å². The minimum atomic E-state index is -0.329. The summed E-state index contributed by atoms with van der Waals surface area (Å²) >= 11 is 0. The molecule has 4 aromatic rings. The summed E-state index contributed by atoms with van der Waals surface area (Å²) in [7, 11) is 16.0. The second-order valence-corrected chi connectivity index (χ2v) is 10.1. The van der Waals surface area contributed by atoms with Crippen LogP contribution in [0.3, 0.4) is 0 Å². The highest BCUT2D eigenvalue weighted by Crippen LogP contribution is 2.24. The zero-order chi connectivity index (χ0) is 25.7. The largest absolute Gasteiger partial charge is 0.515 e. The van der Waals surface area contributed by atoms with Crippen LogP contribution in [0, 0.1) is 6.92 Å². The third kappa shape index (κ3) is 4.79. The Balaban J connectivity index is 1.69. The zero-order valence-corrected chi connectivity index (χ0v) is 22.0. The normalized spacial score (nSPS) is 11.5. The Kier molecular flexibility index (Phi) is 6.43. The summed E-state index contributed by atoms with van der Waals surface area (Å²) in [6.07, 6.45) is 3.58. The summed E-state index contributed by atoms with van der Waals surface area (Å²) < 4.78 is 8.26. The second kappa shape index (κ2) is 9.06. The maximum absolute atomic E-state index is 13.4. The molecule has 4 rings (SSSR count). The first-order chi connectivity index (χ1) is 16.4. The maximum atomic E-state index is 13.4. The molecule has 0 radical (unpaired) electrons. The lowest BCUT2D eigenvalue weighted by atomic mass is 9.52. The molecule has 0 atom stereocenters. The molecule has 35 heavy (non-hydrogen) atoms. The molecule has 2 aromatic heterocycles. The Morgan fingerprint density at radius 1 is 1.00 bits per heavy atom. The fraction of sp³-hybridized carbons (Fsp3) is 0.143. The van der Waals surface area contributed by atoms with Crippen molar-refractivity contribution in [3.8, 4) is 17.0 Å². The zero-order valence-electron chi connectivity index (χ0n) is 22.0. The quantitative estimate of drug-likeness (QED) is 0.303. The molecule has 0 fully saturated rings. The van der Waals surface area contributed by atoms with Crippen molar-refractivity contribution >= 4 is 99.5 Å². The van der Waals surface area contributed by atoms with Crippen molar-refractivity contribution in [1.29, 1.82) is 0 Å². The molecule has 2 aromatic carbocycles. The average Bonchev–Trinajstić information content (AvgIpc) is 3.12. The summed E-state index contributed by atoms with van der Waals surface area (Å²) in [4.78, 5) is 26.8. The van der Waals surface area contributed by atoms with E-state index in [2.05, 4.69) is 20.3 Å².